The molecule has 0 radical (unpaired) electrons. The average molecular weight is 311 g/mol. The summed E-state index contributed by atoms with van der Waals surface area (Å²) >= 11 is 1.97. The van der Waals surface area contributed by atoms with Gasteiger partial charge in [-0.3, -0.25) is 0 Å². The van der Waals surface area contributed by atoms with Crippen LogP contribution in [0.3, 0.4) is 0 Å². The molecule has 0 amide bonds. The van der Waals surface area contributed by atoms with Crippen molar-refractivity contribution >= 4 is 11.8 Å². The predicted molar refractivity (Wildman–Crippen MR) is 88.6 cm³/mol. The van der Waals surface area contributed by atoms with Crippen LogP contribution in [0.5, 0.6) is 0 Å². The first-order valence-electron chi connectivity index (χ1n) is 8.36. The number of aromatic nitrogens is 2. The SMILES string of the molecule is CCCNC(Cc1nc(C2CCCCS2)no1)CC(C)C. The van der Waals surface area contributed by atoms with Gasteiger partial charge in [-0.15, -0.1) is 0 Å². The van der Waals surface area contributed by atoms with Gasteiger partial charge in [0, 0.05) is 12.5 Å². The minimum atomic E-state index is 0.442. The third-order valence-corrected chi connectivity index (χ3v) is 5.18. The minimum absolute atomic E-state index is 0.442. The molecule has 2 unspecified atom stereocenters. The number of hydrogen-bond donors (Lipinski definition) is 1. The van der Waals surface area contributed by atoms with Crippen molar-refractivity contribution in [3.63, 3.8) is 0 Å². The second-order valence-electron chi connectivity index (χ2n) is 6.39. The molecule has 0 saturated carbocycles. The molecular weight excluding hydrogens is 282 g/mol. The van der Waals surface area contributed by atoms with Crippen LogP contribution in [-0.4, -0.2) is 28.5 Å². The molecule has 1 aliphatic rings. The Morgan fingerprint density at radius 3 is 2.90 bits per heavy atom. The highest BCUT2D eigenvalue weighted by atomic mass is 32.2. The van der Waals surface area contributed by atoms with E-state index < -0.39 is 0 Å². The van der Waals surface area contributed by atoms with Crippen molar-refractivity contribution in [2.75, 3.05) is 12.3 Å². The van der Waals surface area contributed by atoms with Gasteiger partial charge >= 0.3 is 0 Å². The molecule has 1 aliphatic heterocycles. The van der Waals surface area contributed by atoms with Crippen molar-refractivity contribution in [1.29, 1.82) is 0 Å². The van der Waals surface area contributed by atoms with Gasteiger partial charge < -0.3 is 9.84 Å². The van der Waals surface area contributed by atoms with E-state index in [1.807, 2.05) is 11.8 Å². The summed E-state index contributed by atoms with van der Waals surface area (Å²) < 4.78 is 5.50. The third kappa shape index (κ3) is 5.62. The van der Waals surface area contributed by atoms with Crippen molar-refractivity contribution in [3.05, 3.63) is 11.7 Å². The molecule has 0 bridgehead atoms. The highest BCUT2D eigenvalue weighted by Gasteiger charge is 2.22. The Bertz CT molecular complexity index is 402. The van der Waals surface area contributed by atoms with Crippen LogP contribution in [0, 0.1) is 5.92 Å². The minimum Gasteiger partial charge on any atom is -0.339 e. The van der Waals surface area contributed by atoms with E-state index in [9.17, 15) is 0 Å². The van der Waals surface area contributed by atoms with Crippen molar-refractivity contribution in [3.8, 4) is 0 Å². The molecule has 1 aromatic rings. The maximum atomic E-state index is 5.50. The van der Waals surface area contributed by atoms with Crippen molar-refractivity contribution in [1.82, 2.24) is 15.5 Å². The van der Waals surface area contributed by atoms with E-state index in [0.717, 1.165) is 37.5 Å². The summed E-state index contributed by atoms with van der Waals surface area (Å²) in [5.74, 6) is 3.61. The molecule has 1 saturated heterocycles. The smallest absolute Gasteiger partial charge is 0.228 e. The summed E-state index contributed by atoms with van der Waals surface area (Å²) in [6.45, 7) is 7.78. The van der Waals surface area contributed by atoms with E-state index in [4.69, 9.17) is 4.52 Å². The van der Waals surface area contributed by atoms with Gasteiger partial charge in [-0.25, -0.2) is 0 Å². The fourth-order valence-electron chi connectivity index (χ4n) is 2.79. The summed E-state index contributed by atoms with van der Waals surface area (Å²) in [4.78, 5) is 4.65. The van der Waals surface area contributed by atoms with Crippen molar-refractivity contribution in [2.45, 2.75) is 70.6 Å². The summed E-state index contributed by atoms with van der Waals surface area (Å²) in [6, 6.07) is 0.442. The largest absolute Gasteiger partial charge is 0.339 e. The van der Waals surface area contributed by atoms with Crippen LogP contribution in [0.25, 0.3) is 0 Å². The van der Waals surface area contributed by atoms with E-state index >= 15 is 0 Å². The lowest BCUT2D eigenvalue weighted by molar-refractivity contribution is 0.335. The Morgan fingerprint density at radius 1 is 1.38 bits per heavy atom. The third-order valence-electron chi connectivity index (χ3n) is 3.81. The fourth-order valence-corrected chi connectivity index (χ4v) is 4.03. The second kappa shape index (κ2) is 8.79. The first-order chi connectivity index (χ1) is 10.2. The molecule has 1 fully saturated rings. The highest BCUT2D eigenvalue weighted by Crippen LogP contribution is 2.36. The van der Waals surface area contributed by atoms with Gasteiger partial charge in [0.2, 0.25) is 5.89 Å². The zero-order chi connectivity index (χ0) is 15.1. The predicted octanol–water partition coefficient (Wildman–Crippen LogP) is 3.98. The molecule has 1 N–H and O–H groups in total. The Hall–Kier alpha value is -0.550. The molecule has 1 aromatic heterocycles. The lowest BCUT2D eigenvalue weighted by Gasteiger charge is -2.19. The van der Waals surface area contributed by atoms with Crippen LogP contribution in [0.15, 0.2) is 4.52 Å². The number of nitrogens with one attached hydrogen (secondary N) is 1. The van der Waals surface area contributed by atoms with Gasteiger partial charge in [-0.1, -0.05) is 32.3 Å². The van der Waals surface area contributed by atoms with Gasteiger partial charge in [0.1, 0.15) is 0 Å². The van der Waals surface area contributed by atoms with E-state index in [1.165, 1.54) is 25.0 Å². The topological polar surface area (TPSA) is 51.0 Å². The molecule has 2 rings (SSSR count). The number of rotatable bonds is 8. The van der Waals surface area contributed by atoms with Gasteiger partial charge in [0.25, 0.3) is 0 Å². The van der Waals surface area contributed by atoms with E-state index in [0.29, 0.717) is 17.2 Å². The molecular formula is C16H29N3OS. The van der Waals surface area contributed by atoms with E-state index in [1.54, 1.807) is 0 Å². The molecule has 2 atom stereocenters. The summed E-state index contributed by atoms with van der Waals surface area (Å²) in [7, 11) is 0. The normalized spacial score (nSPS) is 20.9. The Morgan fingerprint density at radius 2 is 2.24 bits per heavy atom. The van der Waals surface area contributed by atoms with Gasteiger partial charge in [-0.05, 0) is 43.9 Å². The summed E-state index contributed by atoms with van der Waals surface area (Å²) in [6.07, 6.45) is 6.95. The first kappa shape index (κ1) is 16.8. The molecule has 0 aliphatic carbocycles. The maximum Gasteiger partial charge on any atom is 0.228 e. The summed E-state index contributed by atoms with van der Waals surface area (Å²) in [5, 5.41) is 8.27. The van der Waals surface area contributed by atoms with Crippen LogP contribution in [0.4, 0.5) is 0 Å². The fraction of sp³-hybridized carbons (Fsp3) is 0.875. The van der Waals surface area contributed by atoms with Crippen LogP contribution in [0.2, 0.25) is 0 Å². The van der Waals surface area contributed by atoms with Crippen molar-refractivity contribution < 1.29 is 4.52 Å². The number of hydrogen-bond acceptors (Lipinski definition) is 5. The lowest BCUT2D eigenvalue weighted by Crippen LogP contribution is -2.33. The van der Waals surface area contributed by atoms with Crippen LogP contribution in [0.1, 0.15) is 69.8 Å². The van der Waals surface area contributed by atoms with E-state index in [-0.39, 0.29) is 0 Å². The lowest BCUT2D eigenvalue weighted by atomic mass is 10.0. The average Bonchev–Trinajstić information content (AvgIpc) is 2.93. The highest BCUT2D eigenvalue weighted by molar-refractivity contribution is 7.99. The zero-order valence-corrected chi connectivity index (χ0v) is 14.4. The number of thioether (sulfide) groups is 1. The zero-order valence-electron chi connectivity index (χ0n) is 13.6. The Labute approximate surface area is 132 Å². The molecule has 120 valence electrons. The van der Waals surface area contributed by atoms with Gasteiger partial charge in [0.15, 0.2) is 5.82 Å². The Kier molecular flexibility index (Phi) is 7.04. The quantitative estimate of drug-likeness (QED) is 0.787. The molecule has 21 heavy (non-hydrogen) atoms. The molecule has 5 heteroatoms. The number of nitrogens with zero attached hydrogens (tertiary/aromatic N) is 2. The van der Waals surface area contributed by atoms with Crippen LogP contribution < -0.4 is 5.32 Å². The second-order valence-corrected chi connectivity index (χ2v) is 7.70. The maximum absolute atomic E-state index is 5.50. The molecule has 4 nitrogen and oxygen atoms in total. The van der Waals surface area contributed by atoms with Crippen molar-refractivity contribution in [2.24, 2.45) is 5.92 Å². The van der Waals surface area contributed by atoms with Gasteiger partial charge in [-0.2, -0.15) is 16.7 Å². The van der Waals surface area contributed by atoms with Crippen LogP contribution >= 0.6 is 11.8 Å². The first-order valence-corrected chi connectivity index (χ1v) is 9.41. The monoisotopic (exact) mass is 311 g/mol. The standard InChI is InChI=1S/C16H29N3OS/c1-4-8-17-13(10-12(2)3)11-15-18-16(19-20-15)14-7-5-6-9-21-14/h12-14,17H,4-11H2,1-3H3. The Balaban J connectivity index is 1.91. The molecule has 0 spiro atoms. The van der Waals surface area contributed by atoms with Gasteiger partial charge in [0.05, 0.1) is 5.25 Å². The summed E-state index contributed by atoms with van der Waals surface area (Å²) in [5.41, 5.74) is 0. The van der Waals surface area contributed by atoms with E-state index in [2.05, 4.69) is 36.2 Å². The molecule has 2 heterocycles. The van der Waals surface area contributed by atoms with Crippen LogP contribution in [-0.2, 0) is 6.42 Å². The molecule has 0 aromatic carbocycles.